The summed E-state index contributed by atoms with van der Waals surface area (Å²) in [7, 11) is 1.86. The van der Waals surface area contributed by atoms with Crippen molar-refractivity contribution in [2.75, 3.05) is 12.4 Å². The fourth-order valence-corrected chi connectivity index (χ4v) is 0.925. The fraction of sp³-hybridized carbons (Fsp3) is 0.250. The van der Waals surface area contributed by atoms with E-state index in [-0.39, 0.29) is 6.15 Å². The van der Waals surface area contributed by atoms with Gasteiger partial charge in [0.25, 0.3) is 0 Å². The van der Waals surface area contributed by atoms with Gasteiger partial charge >= 0.3 is 6.15 Å². The van der Waals surface area contributed by atoms with Gasteiger partial charge in [0, 0.05) is 18.9 Å². The van der Waals surface area contributed by atoms with Crippen LogP contribution < -0.4 is 5.32 Å². The van der Waals surface area contributed by atoms with Crippen LogP contribution in [0.3, 0.4) is 0 Å². The van der Waals surface area contributed by atoms with Gasteiger partial charge in [-0.1, -0.05) is 11.6 Å². The molecule has 0 aromatic carbocycles. The molecule has 4 nitrogen and oxygen atoms in total. The number of carbonyl (C=O) groups excluding carboxylic acids is 2. The average Bonchev–Trinajstić information content (AvgIpc) is 2.10. The Bertz CT molecular complexity index is 309. The Morgan fingerprint density at radius 1 is 1.54 bits per heavy atom. The summed E-state index contributed by atoms with van der Waals surface area (Å²) in [5, 5.41) is 3.53. The average molecular weight is 201 g/mol. The van der Waals surface area contributed by atoms with E-state index >= 15 is 0 Å². The van der Waals surface area contributed by atoms with E-state index in [1.807, 2.05) is 14.0 Å². The van der Waals surface area contributed by atoms with Crippen LogP contribution in [0.5, 0.6) is 0 Å². The number of anilines is 1. The van der Waals surface area contributed by atoms with Gasteiger partial charge in [0.2, 0.25) is 0 Å². The zero-order valence-corrected chi connectivity index (χ0v) is 8.05. The van der Waals surface area contributed by atoms with Gasteiger partial charge in [-0.25, -0.2) is 4.98 Å². The molecule has 70 valence electrons. The van der Waals surface area contributed by atoms with Crippen molar-refractivity contribution in [1.29, 1.82) is 0 Å². The molecule has 0 fully saturated rings. The number of halogens is 1. The number of nitrogens with zero attached hydrogens (tertiary/aromatic N) is 1. The van der Waals surface area contributed by atoms with Crippen molar-refractivity contribution in [3.8, 4) is 0 Å². The summed E-state index contributed by atoms with van der Waals surface area (Å²) in [6.45, 7) is 1.98. The minimum absolute atomic E-state index is 0.250. The summed E-state index contributed by atoms with van der Waals surface area (Å²) in [6.07, 6.45) is 1.99. The van der Waals surface area contributed by atoms with E-state index in [1.54, 1.807) is 12.3 Å². The van der Waals surface area contributed by atoms with Crippen LogP contribution in [-0.4, -0.2) is 18.2 Å². The number of aromatic nitrogens is 1. The largest absolute Gasteiger partial charge is 0.388 e. The van der Waals surface area contributed by atoms with E-state index in [9.17, 15) is 0 Å². The van der Waals surface area contributed by atoms with Gasteiger partial charge in [0.1, 0.15) is 5.15 Å². The first-order valence-electron chi connectivity index (χ1n) is 3.45. The first kappa shape index (κ1) is 11.6. The molecule has 0 atom stereocenters. The maximum absolute atomic E-state index is 8.12. The Hall–Kier alpha value is -1.38. The van der Waals surface area contributed by atoms with Crippen molar-refractivity contribution in [3.63, 3.8) is 0 Å². The van der Waals surface area contributed by atoms with Crippen LogP contribution in [0.25, 0.3) is 0 Å². The van der Waals surface area contributed by atoms with Crippen molar-refractivity contribution in [2.45, 2.75) is 6.92 Å². The van der Waals surface area contributed by atoms with Crippen molar-refractivity contribution in [1.82, 2.24) is 4.98 Å². The third kappa shape index (κ3) is 4.25. The highest BCUT2D eigenvalue weighted by atomic mass is 35.5. The molecule has 0 saturated heterocycles. The topological polar surface area (TPSA) is 59.1 Å². The van der Waals surface area contributed by atoms with E-state index in [0.717, 1.165) is 11.3 Å². The second kappa shape index (κ2) is 6.17. The molecule has 0 spiro atoms. The van der Waals surface area contributed by atoms with Gasteiger partial charge < -0.3 is 5.32 Å². The molecule has 0 aliphatic carbocycles. The van der Waals surface area contributed by atoms with Crippen molar-refractivity contribution in [2.24, 2.45) is 0 Å². The van der Waals surface area contributed by atoms with E-state index < -0.39 is 0 Å². The van der Waals surface area contributed by atoms with Gasteiger partial charge in [0.15, 0.2) is 0 Å². The molecule has 1 N–H and O–H groups in total. The van der Waals surface area contributed by atoms with Crippen LogP contribution in [0.1, 0.15) is 5.56 Å². The second-order valence-electron chi connectivity index (χ2n) is 2.16. The fourth-order valence-electron chi connectivity index (χ4n) is 0.768. The van der Waals surface area contributed by atoms with E-state index in [1.165, 1.54) is 0 Å². The predicted octanol–water partition coefficient (Wildman–Crippen LogP) is 1.50. The molecule has 0 amide bonds. The van der Waals surface area contributed by atoms with Crippen LogP contribution in [0.2, 0.25) is 5.15 Å². The van der Waals surface area contributed by atoms with Crippen molar-refractivity contribution >= 4 is 23.4 Å². The lowest BCUT2D eigenvalue weighted by atomic mass is 10.3. The first-order valence-corrected chi connectivity index (χ1v) is 3.82. The van der Waals surface area contributed by atoms with Crippen LogP contribution in [0, 0.1) is 6.92 Å². The normalized spacial score (nSPS) is 7.92. The minimum Gasteiger partial charge on any atom is -0.388 e. The molecule has 1 aromatic heterocycles. The van der Waals surface area contributed by atoms with Gasteiger partial charge in [-0.15, -0.1) is 0 Å². The predicted molar refractivity (Wildman–Crippen MR) is 48.5 cm³/mol. The molecule has 13 heavy (non-hydrogen) atoms. The Kier molecular flexibility index (Phi) is 5.52. The van der Waals surface area contributed by atoms with Crippen LogP contribution in [0.15, 0.2) is 12.3 Å². The highest BCUT2D eigenvalue weighted by Crippen LogP contribution is 2.16. The van der Waals surface area contributed by atoms with Gasteiger partial charge in [-0.2, -0.15) is 9.59 Å². The molecule has 0 radical (unpaired) electrons. The summed E-state index contributed by atoms with van der Waals surface area (Å²) < 4.78 is 0. The van der Waals surface area contributed by atoms with Crippen LogP contribution in [0.4, 0.5) is 5.69 Å². The van der Waals surface area contributed by atoms with Crippen LogP contribution in [-0.2, 0) is 9.59 Å². The quantitative estimate of drug-likeness (QED) is 0.698. The maximum Gasteiger partial charge on any atom is 0.373 e. The molecule has 1 aromatic rings. The highest BCUT2D eigenvalue weighted by molar-refractivity contribution is 6.29. The summed E-state index contributed by atoms with van der Waals surface area (Å²) in [6, 6.07) is 1.80. The smallest absolute Gasteiger partial charge is 0.373 e. The second-order valence-corrected chi connectivity index (χ2v) is 2.54. The molecule has 5 heteroatoms. The van der Waals surface area contributed by atoms with Gasteiger partial charge in [-0.3, -0.25) is 0 Å². The Morgan fingerprint density at radius 2 is 2.08 bits per heavy atom. The number of pyridine rings is 1. The molecule has 0 aliphatic rings. The lowest BCUT2D eigenvalue weighted by Crippen LogP contribution is -1.91. The Balaban J connectivity index is 0.000000424. The first-order chi connectivity index (χ1) is 6.15. The SMILES string of the molecule is CNc1cc(Cl)ncc1C.O=C=O. The summed E-state index contributed by atoms with van der Waals surface area (Å²) in [5.74, 6) is 0. The monoisotopic (exact) mass is 200 g/mol. The third-order valence-electron chi connectivity index (χ3n) is 1.34. The molecular weight excluding hydrogens is 192 g/mol. The van der Waals surface area contributed by atoms with E-state index in [2.05, 4.69) is 10.3 Å². The lowest BCUT2D eigenvalue weighted by molar-refractivity contribution is -0.191. The summed E-state index contributed by atoms with van der Waals surface area (Å²) >= 11 is 5.64. The molecule has 1 rings (SSSR count). The third-order valence-corrected chi connectivity index (χ3v) is 1.55. The maximum atomic E-state index is 8.12. The number of hydrogen-bond donors (Lipinski definition) is 1. The van der Waals surface area contributed by atoms with E-state index in [0.29, 0.717) is 5.15 Å². The molecular formula is C8H9ClN2O2. The van der Waals surface area contributed by atoms with Crippen molar-refractivity contribution < 1.29 is 9.59 Å². The minimum atomic E-state index is 0.250. The Morgan fingerprint density at radius 3 is 2.46 bits per heavy atom. The standard InChI is InChI=1S/C7H9ClN2.CO2/c1-5-4-10-7(8)3-6(5)9-2;2-1-3/h3-4H,1-2H3,(H,9,10);. The van der Waals surface area contributed by atoms with Gasteiger partial charge in [0.05, 0.1) is 0 Å². The Labute approximate surface area is 80.9 Å². The summed E-state index contributed by atoms with van der Waals surface area (Å²) in [5.41, 5.74) is 2.13. The zero-order chi connectivity index (χ0) is 10.3. The highest BCUT2D eigenvalue weighted by Gasteiger charge is 1.95. The molecule has 0 aliphatic heterocycles. The van der Waals surface area contributed by atoms with Gasteiger partial charge in [-0.05, 0) is 18.6 Å². The van der Waals surface area contributed by atoms with Crippen molar-refractivity contribution in [3.05, 3.63) is 23.0 Å². The molecule has 1 heterocycles. The number of aryl methyl sites for hydroxylation is 1. The molecule has 0 unspecified atom stereocenters. The number of hydrogen-bond acceptors (Lipinski definition) is 4. The summed E-state index contributed by atoms with van der Waals surface area (Å²) in [4.78, 5) is 20.2. The zero-order valence-electron chi connectivity index (χ0n) is 7.30. The number of rotatable bonds is 1. The van der Waals surface area contributed by atoms with Crippen LogP contribution >= 0.6 is 11.6 Å². The van der Waals surface area contributed by atoms with E-state index in [4.69, 9.17) is 21.2 Å². The number of nitrogens with one attached hydrogen (secondary N) is 1. The molecule has 0 bridgehead atoms. The lowest BCUT2D eigenvalue weighted by Gasteiger charge is -2.02. The molecule has 0 saturated carbocycles.